The molecule has 0 amide bonds. The van der Waals surface area contributed by atoms with Crippen molar-refractivity contribution < 1.29 is 5.11 Å². The molecule has 0 spiro atoms. The van der Waals surface area contributed by atoms with Crippen molar-refractivity contribution in [3.05, 3.63) is 17.5 Å². The van der Waals surface area contributed by atoms with Crippen molar-refractivity contribution in [1.82, 2.24) is 15.1 Å². The Morgan fingerprint density at radius 2 is 1.90 bits per heavy atom. The summed E-state index contributed by atoms with van der Waals surface area (Å²) in [5, 5.41) is 18.4. The van der Waals surface area contributed by atoms with E-state index < -0.39 is 5.60 Å². The first-order valence-electron chi connectivity index (χ1n) is 7.97. The number of aryl methyl sites for hydroxylation is 1. The molecular weight excluding hydrogens is 262 g/mol. The summed E-state index contributed by atoms with van der Waals surface area (Å²) in [5.41, 5.74) is 1.73. The zero-order valence-electron chi connectivity index (χ0n) is 14.8. The van der Waals surface area contributed by atoms with E-state index in [0.29, 0.717) is 12.5 Å². The molecule has 1 heterocycles. The first-order chi connectivity index (χ1) is 9.51. The minimum absolute atomic E-state index is 0.0401. The normalized spacial score (nSPS) is 15.5. The highest BCUT2D eigenvalue weighted by Gasteiger charge is 2.23. The van der Waals surface area contributed by atoms with Crippen LogP contribution in [-0.2, 0) is 19.0 Å². The SMILES string of the molecule is CC(C)CCC(C)(O)CNCc1cn(C)nc1C(C)(C)C. The lowest BCUT2D eigenvalue weighted by atomic mass is 9.89. The zero-order valence-corrected chi connectivity index (χ0v) is 14.8. The zero-order chi connectivity index (χ0) is 16.3. The number of nitrogens with one attached hydrogen (secondary N) is 1. The van der Waals surface area contributed by atoms with Gasteiger partial charge in [0.2, 0.25) is 0 Å². The van der Waals surface area contributed by atoms with E-state index in [1.54, 1.807) is 0 Å². The lowest BCUT2D eigenvalue weighted by Crippen LogP contribution is -2.38. The maximum Gasteiger partial charge on any atom is 0.0743 e. The minimum atomic E-state index is -0.644. The highest BCUT2D eigenvalue weighted by molar-refractivity contribution is 5.23. The molecule has 2 N–H and O–H groups in total. The third kappa shape index (κ3) is 6.18. The van der Waals surface area contributed by atoms with Crippen LogP contribution < -0.4 is 5.32 Å². The largest absolute Gasteiger partial charge is 0.389 e. The standard InChI is InChI=1S/C17H33N3O/c1-13(2)8-9-17(6,21)12-18-10-14-11-20(7)19-15(14)16(3,4)5/h11,13,18,21H,8-10,12H2,1-7H3. The van der Waals surface area contributed by atoms with Gasteiger partial charge in [-0.1, -0.05) is 34.6 Å². The van der Waals surface area contributed by atoms with Gasteiger partial charge >= 0.3 is 0 Å². The van der Waals surface area contributed by atoms with Gasteiger partial charge in [-0.3, -0.25) is 4.68 Å². The van der Waals surface area contributed by atoms with Gasteiger partial charge < -0.3 is 10.4 Å². The number of hydrogen-bond acceptors (Lipinski definition) is 3. The van der Waals surface area contributed by atoms with Crippen LogP contribution in [0.3, 0.4) is 0 Å². The van der Waals surface area contributed by atoms with Crippen LogP contribution >= 0.6 is 0 Å². The maximum atomic E-state index is 10.4. The van der Waals surface area contributed by atoms with E-state index in [0.717, 1.165) is 25.1 Å². The molecule has 0 aliphatic rings. The molecule has 4 nitrogen and oxygen atoms in total. The Hall–Kier alpha value is -0.870. The van der Waals surface area contributed by atoms with Crippen LogP contribution in [-0.4, -0.2) is 27.0 Å². The molecule has 1 aromatic heterocycles. The fraction of sp³-hybridized carbons (Fsp3) is 0.824. The van der Waals surface area contributed by atoms with E-state index in [1.807, 2.05) is 18.7 Å². The van der Waals surface area contributed by atoms with Crippen LogP contribution in [0.5, 0.6) is 0 Å². The maximum absolute atomic E-state index is 10.4. The molecule has 1 atom stereocenters. The van der Waals surface area contributed by atoms with Crippen molar-refractivity contribution in [2.45, 2.75) is 71.9 Å². The fourth-order valence-corrected chi connectivity index (χ4v) is 2.45. The Bertz CT molecular complexity index is 441. The van der Waals surface area contributed by atoms with E-state index in [9.17, 15) is 5.11 Å². The number of rotatable bonds is 7. The summed E-state index contributed by atoms with van der Waals surface area (Å²) >= 11 is 0. The van der Waals surface area contributed by atoms with E-state index in [-0.39, 0.29) is 5.41 Å². The molecule has 1 aromatic rings. The van der Waals surface area contributed by atoms with Crippen LogP contribution in [0, 0.1) is 5.92 Å². The molecule has 21 heavy (non-hydrogen) atoms. The minimum Gasteiger partial charge on any atom is -0.389 e. The Balaban J connectivity index is 2.56. The monoisotopic (exact) mass is 295 g/mol. The van der Waals surface area contributed by atoms with Crippen LogP contribution in [0.2, 0.25) is 0 Å². The third-order valence-corrected chi connectivity index (χ3v) is 3.70. The number of hydrogen-bond donors (Lipinski definition) is 2. The van der Waals surface area contributed by atoms with Crippen molar-refractivity contribution in [2.75, 3.05) is 6.54 Å². The highest BCUT2D eigenvalue weighted by Crippen LogP contribution is 2.24. The molecule has 0 saturated heterocycles. The Kier molecular flexibility index (Phi) is 6.00. The predicted molar refractivity (Wildman–Crippen MR) is 88.3 cm³/mol. The van der Waals surface area contributed by atoms with Gasteiger partial charge in [0.15, 0.2) is 0 Å². The molecule has 0 bridgehead atoms. The average Bonchev–Trinajstić information content (AvgIpc) is 2.68. The number of aromatic nitrogens is 2. The van der Waals surface area contributed by atoms with Crippen molar-refractivity contribution >= 4 is 0 Å². The summed E-state index contributed by atoms with van der Waals surface area (Å²) in [6, 6.07) is 0. The number of nitrogens with zero attached hydrogens (tertiary/aromatic N) is 2. The topological polar surface area (TPSA) is 50.1 Å². The molecule has 0 aliphatic heterocycles. The van der Waals surface area contributed by atoms with Crippen LogP contribution in [0.15, 0.2) is 6.20 Å². The molecule has 0 fully saturated rings. The second kappa shape index (κ2) is 6.93. The van der Waals surface area contributed by atoms with E-state index in [1.165, 1.54) is 5.56 Å². The summed E-state index contributed by atoms with van der Waals surface area (Å²) in [4.78, 5) is 0. The molecule has 0 aliphatic carbocycles. The second-order valence-electron chi connectivity index (χ2n) is 7.96. The van der Waals surface area contributed by atoms with Crippen LogP contribution in [0.25, 0.3) is 0 Å². The third-order valence-electron chi connectivity index (χ3n) is 3.70. The van der Waals surface area contributed by atoms with Crippen molar-refractivity contribution in [2.24, 2.45) is 13.0 Å². The molecule has 1 rings (SSSR count). The van der Waals surface area contributed by atoms with Gasteiger partial charge in [-0.05, 0) is 25.7 Å². The molecule has 0 radical (unpaired) electrons. The molecular formula is C17H33N3O. The molecule has 4 heteroatoms. The first kappa shape index (κ1) is 18.2. The van der Waals surface area contributed by atoms with Gasteiger partial charge in [0, 0.05) is 37.3 Å². The molecule has 1 unspecified atom stereocenters. The summed E-state index contributed by atoms with van der Waals surface area (Å²) < 4.78 is 1.87. The van der Waals surface area contributed by atoms with Crippen LogP contribution in [0.4, 0.5) is 0 Å². The summed E-state index contributed by atoms with van der Waals surface area (Å²) in [6.07, 6.45) is 3.95. The molecule has 122 valence electrons. The van der Waals surface area contributed by atoms with Gasteiger partial charge in [-0.25, -0.2) is 0 Å². The van der Waals surface area contributed by atoms with Gasteiger partial charge in [0.05, 0.1) is 11.3 Å². The average molecular weight is 295 g/mol. The summed E-state index contributed by atoms with van der Waals surface area (Å²) in [7, 11) is 1.96. The van der Waals surface area contributed by atoms with Crippen molar-refractivity contribution in [3.63, 3.8) is 0 Å². The molecule has 0 saturated carbocycles. The van der Waals surface area contributed by atoms with E-state index in [4.69, 9.17) is 0 Å². The van der Waals surface area contributed by atoms with E-state index in [2.05, 4.69) is 51.2 Å². The summed E-state index contributed by atoms with van der Waals surface area (Å²) in [6.45, 7) is 14.2. The Morgan fingerprint density at radius 1 is 1.29 bits per heavy atom. The lowest BCUT2D eigenvalue weighted by molar-refractivity contribution is 0.0451. The lowest BCUT2D eigenvalue weighted by Gasteiger charge is -2.25. The summed E-state index contributed by atoms with van der Waals surface area (Å²) in [5.74, 6) is 0.627. The quantitative estimate of drug-likeness (QED) is 0.813. The fourth-order valence-electron chi connectivity index (χ4n) is 2.45. The van der Waals surface area contributed by atoms with Crippen molar-refractivity contribution in [3.8, 4) is 0 Å². The van der Waals surface area contributed by atoms with Gasteiger partial charge in [-0.15, -0.1) is 0 Å². The predicted octanol–water partition coefficient (Wildman–Crippen LogP) is 2.99. The van der Waals surface area contributed by atoms with Crippen molar-refractivity contribution in [1.29, 1.82) is 0 Å². The highest BCUT2D eigenvalue weighted by atomic mass is 16.3. The Morgan fingerprint density at radius 3 is 2.43 bits per heavy atom. The second-order valence-corrected chi connectivity index (χ2v) is 7.96. The first-order valence-corrected chi connectivity index (χ1v) is 7.97. The van der Waals surface area contributed by atoms with Gasteiger partial charge in [0.25, 0.3) is 0 Å². The van der Waals surface area contributed by atoms with Gasteiger partial charge in [0.1, 0.15) is 0 Å². The van der Waals surface area contributed by atoms with Crippen LogP contribution in [0.1, 0.15) is 65.6 Å². The molecule has 0 aromatic carbocycles. The van der Waals surface area contributed by atoms with Gasteiger partial charge in [-0.2, -0.15) is 5.10 Å². The smallest absolute Gasteiger partial charge is 0.0743 e. The van der Waals surface area contributed by atoms with E-state index >= 15 is 0 Å². The number of aliphatic hydroxyl groups is 1. The Labute approximate surface area is 129 Å².